The van der Waals surface area contributed by atoms with Crippen molar-refractivity contribution >= 4 is 11.7 Å². The van der Waals surface area contributed by atoms with Gasteiger partial charge in [0.2, 0.25) is 5.60 Å². The molecule has 39 heavy (non-hydrogen) atoms. The number of rotatable bonds is 11. The smallest absolute Gasteiger partial charge is 0.422 e. The normalized spacial score (nSPS) is 12.9. The van der Waals surface area contributed by atoms with Gasteiger partial charge in [-0.15, -0.1) is 0 Å². The molecule has 3 N–H and O–H groups in total. The number of methoxy groups -OCH3 is 2. The number of ether oxygens (including phenoxy) is 3. The summed E-state index contributed by atoms with van der Waals surface area (Å²) in [6.45, 7) is 1.04. The number of carbonyl (C=O) groups excluding carboxylic acids is 2. The zero-order chi connectivity index (χ0) is 29.0. The van der Waals surface area contributed by atoms with Crippen molar-refractivity contribution in [2.24, 2.45) is 5.73 Å². The number of aliphatic hydroxyl groups is 1. The summed E-state index contributed by atoms with van der Waals surface area (Å²) in [7, 11) is 2.57. The number of benzene rings is 2. The highest BCUT2D eigenvalue weighted by Crippen LogP contribution is 2.44. The molecule has 3 aromatic rings. The van der Waals surface area contributed by atoms with E-state index < -0.39 is 54.4 Å². The fourth-order valence-electron chi connectivity index (χ4n) is 3.80. The van der Waals surface area contributed by atoms with E-state index in [0.717, 1.165) is 12.1 Å². The molecule has 2 aromatic carbocycles. The number of halogens is 4. The minimum Gasteiger partial charge on any atom is -0.494 e. The number of ketones is 1. The fraction of sp³-hybridized carbons (Fsp3) is 0.296. The number of aryl methyl sites for hydroxylation is 1. The van der Waals surface area contributed by atoms with Crippen LogP contribution in [0.2, 0.25) is 0 Å². The summed E-state index contributed by atoms with van der Waals surface area (Å²) in [6, 6.07) is 9.88. The molecular weight excluding hydrogens is 524 g/mol. The molecule has 0 saturated heterocycles. The first-order valence-electron chi connectivity index (χ1n) is 11.5. The highest BCUT2D eigenvalue weighted by Gasteiger charge is 2.56. The molecule has 0 bridgehead atoms. The molecule has 0 aliphatic rings. The van der Waals surface area contributed by atoms with Crippen molar-refractivity contribution < 1.29 is 46.5 Å². The quantitative estimate of drug-likeness (QED) is 0.267. The predicted molar refractivity (Wildman–Crippen MR) is 132 cm³/mol. The Bertz CT molecular complexity index is 1380. The van der Waals surface area contributed by atoms with E-state index in [9.17, 15) is 32.3 Å². The highest BCUT2D eigenvalue weighted by atomic mass is 19.4. The van der Waals surface area contributed by atoms with Gasteiger partial charge < -0.3 is 25.1 Å². The first-order chi connectivity index (χ1) is 18.3. The average molecular weight is 551 g/mol. The Hall–Kier alpha value is -4.19. The molecule has 1 heterocycles. The van der Waals surface area contributed by atoms with Crippen LogP contribution in [0.15, 0.2) is 48.5 Å². The first kappa shape index (κ1) is 29.4. The van der Waals surface area contributed by atoms with Crippen LogP contribution in [-0.4, -0.2) is 48.8 Å². The van der Waals surface area contributed by atoms with E-state index in [1.54, 1.807) is 0 Å². The molecule has 0 saturated carbocycles. The van der Waals surface area contributed by atoms with Crippen LogP contribution in [0, 0.1) is 12.7 Å². The predicted octanol–water partition coefficient (Wildman–Crippen LogP) is 4.49. The van der Waals surface area contributed by atoms with E-state index in [1.807, 2.05) is 0 Å². The van der Waals surface area contributed by atoms with Gasteiger partial charge in [-0.2, -0.15) is 13.2 Å². The summed E-state index contributed by atoms with van der Waals surface area (Å²) >= 11 is 0. The van der Waals surface area contributed by atoms with Crippen molar-refractivity contribution in [2.75, 3.05) is 20.8 Å². The van der Waals surface area contributed by atoms with Gasteiger partial charge >= 0.3 is 6.18 Å². The molecule has 12 heteroatoms. The lowest BCUT2D eigenvalue weighted by molar-refractivity contribution is -0.270. The SMILES string of the molecule is COc1cc(C(=O)CCC(O)(c2ccc(OC)c(-c3ccc(F)c(C)c3)n2)C(F)(F)F)ccc1OCC(N)=O. The second kappa shape index (κ2) is 11.7. The molecule has 1 unspecified atom stereocenters. The maximum Gasteiger partial charge on any atom is 0.422 e. The molecule has 1 amide bonds. The van der Waals surface area contributed by atoms with Crippen LogP contribution >= 0.6 is 0 Å². The molecule has 3 rings (SSSR count). The Labute approximate surface area is 221 Å². The lowest BCUT2D eigenvalue weighted by Crippen LogP contribution is -2.43. The summed E-state index contributed by atoms with van der Waals surface area (Å²) in [5.74, 6) is -1.71. The molecule has 1 atom stereocenters. The van der Waals surface area contributed by atoms with E-state index in [2.05, 4.69) is 4.98 Å². The van der Waals surface area contributed by atoms with E-state index >= 15 is 0 Å². The van der Waals surface area contributed by atoms with Gasteiger partial charge in [0.15, 0.2) is 23.9 Å². The number of carbonyl (C=O) groups is 2. The minimum absolute atomic E-state index is 0.00651. The van der Waals surface area contributed by atoms with Crippen LogP contribution in [0.5, 0.6) is 17.2 Å². The standard InChI is InChI=1S/C27H26F4N2O6/c1-15-12-17(4-6-18(15)28)25-21(37-2)8-9-23(33-25)26(36,27(29,30)31)11-10-19(34)16-5-7-20(22(13-16)38-3)39-14-24(32)35/h4-9,12-13,36H,10-11,14H2,1-3H3,(H2,32,35). The number of Topliss-reactive ketones (excluding diaryl/α,β-unsaturated/α-hetero) is 1. The molecule has 0 fully saturated rings. The van der Waals surface area contributed by atoms with Crippen LogP contribution in [0.1, 0.15) is 34.5 Å². The zero-order valence-electron chi connectivity index (χ0n) is 21.3. The summed E-state index contributed by atoms with van der Waals surface area (Å²) in [5, 5.41) is 10.9. The Kier molecular flexibility index (Phi) is 8.80. The van der Waals surface area contributed by atoms with Crippen molar-refractivity contribution in [3.63, 3.8) is 0 Å². The van der Waals surface area contributed by atoms with Gasteiger partial charge in [-0.25, -0.2) is 9.37 Å². The van der Waals surface area contributed by atoms with Crippen molar-refractivity contribution in [2.45, 2.75) is 31.5 Å². The van der Waals surface area contributed by atoms with Crippen LogP contribution in [0.4, 0.5) is 17.6 Å². The van der Waals surface area contributed by atoms with E-state index in [4.69, 9.17) is 19.9 Å². The number of hydrogen-bond acceptors (Lipinski definition) is 7. The van der Waals surface area contributed by atoms with Gasteiger partial charge in [-0.3, -0.25) is 9.59 Å². The number of pyridine rings is 1. The van der Waals surface area contributed by atoms with Crippen molar-refractivity contribution in [3.05, 3.63) is 71.2 Å². The maximum atomic E-state index is 14.2. The van der Waals surface area contributed by atoms with Gasteiger partial charge in [0, 0.05) is 17.5 Å². The van der Waals surface area contributed by atoms with Gasteiger partial charge in [-0.05, 0) is 67.4 Å². The number of nitrogens with two attached hydrogens (primary N) is 1. The third-order valence-electron chi connectivity index (χ3n) is 5.97. The Morgan fingerprint density at radius 1 is 0.974 bits per heavy atom. The molecule has 0 aliphatic carbocycles. The summed E-state index contributed by atoms with van der Waals surface area (Å²) in [5.41, 5.74) is 1.26. The van der Waals surface area contributed by atoms with Gasteiger partial charge in [0.05, 0.1) is 19.9 Å². The fourth-order valence-corrected chi connectivity index (χ4v) is 3.80. The number of aromatic nitrogens is 1. The molecule has 1 aromatic heterocycles. The number of hydrogen-bond donors (Lipinski definition) is 2. The molecule has 8 nitrogen and oxygen atoms in total. The van der Waals surface area contributed by atoms with Crippen molar-refractivity contribution in [1.82, 2.24) is 4.98 Å². The minimum atomic E-state index is -5.20. The maximum absolute atomic E-state index is 14.2. The first-order valence-corrected chi connectivity index (χ1v) is 11.5. The van der Waals surface area contributed by atoms with Crippen molar-refractivity contribution in [1.29, 1.82) is 0 Å². The molecule has 0 spiro atoms. The summed E-state index contributed by atoms with van der Waals surface area (Å²) < 4.78 is 72.0. The summed E-state index contributed by atoms with van der Waals surface area (Å²) in [4.78, 5) is 27.8. The van der Waals surface area contributed by atoms with Crippen LogP contribution in [0.25, 0.3) is 11.3 Å². The molecule has 208 valence electrons. The van der Waals surface area contributed by atoms with Crippen LogP contribution in [-0.2, 0) is 10.4 Å². The third-order valence-corrected chi connectivity index (χ3v) is 5.97. The highest BCUT2D eigenvalue weighted by molar-refractivity contribution is 5.96. The Balaban J connectivity index is 1.93. The topological polar surface area (TPSA) is 121 Å². The Morgan fingerprint density at radius 3 is 2.23 bits per heavy atom. The van der Waals surface area contributed by atoms with Gasteiger partial charge in [0.1, 0.15) is 17.3 Å². The third kappa shape index (κ3) is 6.45. The Morgan fingerprint density at radius 2 is 1.64 bits per heavy atom. The average Bonchev–Trinajstić information content (AvgIpc) is 2.90. The lowest BCUT2D eigenvalue weighted by Gasteiger charge is -2.30. The van der Waals surface area contributed by atoms with E-state index in [-0.39, 0.29) is 39.6 Å². The number of alkyl halides is 3. The number of primary amides is 1. The molecule has 0 aliphatic heterocycles. The lowest BCUT2D eigenvalue weighted by atomic mass is 9.89. The van der Waals surface area contributed by atoms with Crippen molar-refractivity contribution in [3.8, 4) is 28.5 Å². The number of amides is 1. The largest absolute Gasteiger partial charge is 0.494 e. The second-order valence-corrected chi connectivity index (χ2v) is 8.61. The van der Waals surface area contributed by atoms with E-state index in [0.29, 0.717) is 0 Å². The number of nitrogens with zero attached hydrogens (tertiary/aromatic N) is 1. The van der Waals surface area contributed by atoms with Crippen LogP contribution in [0.3, 0.4) is 0 Å². The van der Waals surface area contributed by atoms with E-state index in [1.165, 1.54) is 57.5 Å². The molecular formula is C27H26F4N2O6. The van der Waals surface area contributed by atoms with Crippen LogP contribution < -0.4 is 19.9 Å². The van der Waals surface area contributed by atoms with Gasteiger partial charge in [0.25, 0.3) is 5.91 Å². The van der Waals surface area contributed by atoms with Gasteiger partial charge in [-0.1, -0.05) is 0 Å². The second-order valence-electron chi connectivity index (χ2n) is 8.61. The zero-order valence-corrected chi connectivity index (χ0v) is 21.3. The molecule has 0 radical (unpaired) electrons. The monoisotopic (exact) mass is 550 g/mol. The summed E-state index contributed by atoms with van der Waals surface area (Å²) in [6.07, 6.45) is -6.95.